The minimum atomic E-state index is -0.756. The maximum Gasteiger partial charge on any atom is 0.427 e. The van der Waals surface area contributed by atoms with Gasteiger partial charge in [-0.3, -0.25) is 9.20 Å². The van der Waals surface area contributed by atoms with Gasteiger partial charge in [-0.2, -0.15) is 0 Å². The topological polar surface area (TPSA) is 108 Å². The number of anilines is 1. The van der Waals surface area contributed by atoms with Gasteiger partial charge in [0.2, 0.25) is 0 Å². The molecule has 0 atom stereocenters. The number of pyridine rings is 1. The van der Waals surface area contributed by atoms with E-state index >= 15 is 0 Å². The average Bonchev–Trinajstić information content (AvgIpc) is 3.05. The maximum atomic E-state index is 12.7. The number of carbonyl (C=O) groups is 1. The zero-order valence-electron chi connectivity index (χ0n) is 12.1. The molecule has 0 unspecified atom stereocenters. The van der Waals surface area contributed by atoms with Gasteiger partial charge >= 0.3 is 5.76 Å². The lowest BCUT2D eigenvalue weighted by Gasteiger charge is -2.02. The fraction of sp³-hybridized carbons (Fsp3) is 0.0667. The second-order valence-electron chi connectivity index (χ2n) is 5.13. The minimum absolute atomic E-state index is 0.266. The molecule has 3 heterocycles. The molecule has 2 N–H and O–H groups in total. The number of rotatable bonds is 1. The van der Waals surface area contributed by atoms with E-state index in [1.807, 2.05) is 0 Å². The second kappa shape index (κ2) is 4.54. The fourth-order valence-electron chi connectivity index (χ4n) is 2.50. The molecule has 0 saturated heterocycles. The zero-order valence-corrected chi connectivity index (χ0v) is 12.1. The summed E-state index contributed by atoms with van der Waals surface area (Å²) >= 11 is 0. The Morgan fingerprint density at radius 3 is 2.87 bits per heavy atom. The number of nitrogens with two attached hydrogens (primary N) is 1. The Hall–Kier alpha value is -3.42. The number of oxazole rings is 1. The number of nitrogen functional groups attached to an aromatic ring is 1. The van der Waals surface area contributed by atoms with Gasteiger partial charge in [-0.05, 0) is 31.2 Å². The van der Waals surface area contributed by atoms with Crippen molar-refractivity contribution in [3.8, 4) is 0 Å². The van der Waals surface area contributed by atoms with Gasteiger partial charge in [-0.1, -0.05) is 0 Å². The zero-order chi connectivity index (χ0) is 16.1. The standard InChI is InChI=1S/C15H11N5O3/c1-8-17-18-13-6-9(4-5-19(8)13)14(21)20-11-3-2-10(16)7-12(11)23-15(20)22/h2-7H,16H2,1H3. The van der Waals surface area contributed by atoms with Crippen molar-refractivity contribution in [2.45, 2.75) is 6.92 Å². The van der Waals surface area contributed by atoms with Gasteiger partial charge in [0.25, 0.3) is 5.91 Å². The van der Waals surface area contributed by atoms with Crippen LogP contribution in [0.15, 0.2) is 45.7 Å². The third-order valence-corrected chi connectivity index (χ3v) is 3.64. The molecule has 4 rings (SSSR count). The number of carbonyl (C=O) groups excluding carboxylic acids is 1. The van der Waals surface area contributed by atoms with E-state index in [9.17, 15) is 9.59 Å². The maximum absolute atomic E-state index is 12.7. The van der Waals surface area contributed by atoms with Crippen LogP contribution in [0.4, 0.5) is 5.69 Å². The SMILES string of the molecule is Cc1nnc2cc(C(=O)n3c(=O)oc4cc(N)ccc43)ccn12. The molecule has 8 heteroatoms. The lowest BCUT2D eigenvalue weighted by molar-refractivity contribution is 0.0956. The van der Waals surface area contributed by atoms with Gasteiger partial charge in [0, 0.05) is 23.5 Å². The number of hydrogen-bond donors (Lipinski definition) is 1. The first-order valence-corrected chi connectivity index (χ1v) is 6.82. The molecular formula is C15H11N5O3. The first-order chi connectivity index (χ1) is 11.0. The van der Waals surface area contributed by atoms with E-state index in [4.69, 9.17) is 10.2 Å². The Balaban J connectivity index is 1.90. The Morgan fingerprint density at radius 2 is 2.04 bits per heavy atom. The van der Waals surface area contributed by atoms with Crippen molar-refractivity contribution < 1.29 is 9.21 Å². The lowest BCUT2D eigenvalue weighted by Crippen LogP contribution is -2.23. The highest BCUT2D eigenvalue weighted by Gasteiger charge is 2.18. The molecule has 0 saturated carbocycles. The first kappa shape index (κ1) is 13.3. The van der Waals surface area contributed by atoms with Crippen molar-refractivity contribution in [1.29, 1.82) is 0 Å². The molecule has 0 amide bonds. The molecule has 4 aromatic rings. The van der Waals surface area contributed by atoms with Crippen LogP contribution in [0.3, 0.4) is 0 Å². The van der Waals surface area contributed by atoms with Gasteiger partial charge in [-0.15, -0.1) is 10.2 Å². The molecule has 0 radical (unpaired) electrons. The number of benzene rings is 1. The number of aromatic nitrogens is 4. The number of fused-ring (bicyclic) bond motifs is 2. The van der Waals surface area contributed by atoms with E-state index in [-0.39, 0.29) is 5.58 Å². The summed E-state index contributed by atoms with van der Waals surface area (Å²) in [7, 11) is 0. The van der Waals surface area contributed by atoms with Gasteiger partial charge < -0.3 is 10.2 Å². The van der Waals surface area contributed by atoms with E-state index in [1.165, 1.54) is 6.07 Å². The first-order valence-electron chi connectivity index (χ1n) is 6.82. The largest absolute Gasteiger partial charge is 0.427 e. The van der Waals surface area contributed by atoms with E-state index in [1.54, 1.807) is 41.8 Å². The fourth-order valence-corrected chi connectivity index (χ4v) is 2.50. The molecule has 0 fully saturated rings. The molecule has 0 aliphatic rings. The minimum Gasteiger partial charge on any atom is -0.407 e. The summed E-state index contributed by atoms with van der Waals surface area (Å²) in [4.78, 5) is 24.7. The molecule has 3 aromatic heterocycles. The Labute approximate surface area is 128 Å². The summed E-state index contributed by atoms with van der Waals surface area (Å²) in [6.45, 7) is 1.81. The van der Waals surface area contributed by atoms with Crippen LogP contribution in [0.5, 0.6) is 0 Å². The summed E-state index contributed by atoms with van der Waals surface area (Å²) in [5.74, 6) is -0.546. The van der Waals surface area contributed by atoms with Gasteiger partial charge in [-0.25, -0.2) is 9.36 Å². The normalized spacial score (nSPS) is 11.3. The molecule has 1 aromatic carbocycles. The third-order valence-electron chi connectivity index (χ3n) is 3.64. The Bertz CT molecular complexity index is 1140. The summed E-state index contributed by atoms with van der Waals surface area (Å²) in [5.41, 5.74) is 7.58. The van der Waals surface area contributed by atoms with Crippen LogP contribution < -0.4 is 11.5 Å². The summed E-state index contributed by atoms with van der Waals surface area (Å²) < 4.78 is 7.81. The predicted molar refractivity (Wildman–Crippen MR) is 82.3 cm³/mol. The van der Waals surface area contributed by atoms with Crippen molar-refractivity contribution in [3.63, 3.8) is 0 Å². The van der Waals surface area contributed by atoms with Crippen molar-refractivity contribution in [2.24, 2.45) is 0 Å². The monoisotopic (exact) mass is 309 g/mol. The highest BCUT2D eigenvalue weighted by molar-refractivity contribution is 6.01. The van der Waals surface area contributed by atoms with Crippen LogP contribution in [0.2, 0.25) is 0 Å². The molecule has 0 aliphatic heterocycles. The van der Waals surface area contributed by atoms with E-state index in [2.05, 4.69) is 10.2 Å². The highest BCUT2D eigenvalue weighted by atomic mass is 16.4. The van der Waals surface area contributed by atoms with Crippen LogP contribution in [0.1, 0.15) is 16.2 Å². The smallest absolute Gasteiger partial charge is 0.407 e. The highest BCUT2D eigenvalue weighted by Crippen LogP contribution is 2.18. The van der Waals surface area contributed by atoms with Crippen LogP contribution in [0.25, 0.3) is 16.7 Å². The molecule has 8 nitrogen and oxygen atoms in total. The Kier molecular flexibility index (Phi) is 2.61. The van der Waals surface area contributed by atoms with E-state index in [0.29, 0.717) is 28.2 Å². The molecular weight excluding hydrogens is 298 g/mol. The number of nitrogens with zero attached hydrogens (tertiary/aromatic N) is 4. The number of aryl methyl sites for hydroxylation is 1. The van der Waals surface area contributed by atoms with Crippen molar-refractivity contribution in [3.05, 3.63) is 58.5 Å². The van der Waals surface area contributed by atoms with Crippen molar-refractivity contribution in [1.82, 2.24) is 19.2 Å². The summed E-state index contributed by atoms with van der Waals surface area (Å²) in [6.07, 6.45) is 1.68. The third kappa shape index (κ3) is 1.92. The molecule has 0 bridgehead atoms. The van der Waals surface area contributed by atoms with E-state index in [0.717, 1.165) is 4.57 Å². The van der Waals surface area contributed by atoms with Gasteiger partial charge in [0.15, 0.2) is 11.2 Å². The molecule has 0 aliphatic carbocycles. The molecule has 0 spiro atoms. The molecule has 23 heavy (non-hydrogen) atoms. The Morgan fingerprint density at radius 1 is 1.22 bits per heavy atom. The van der Waals surface area contributed by atoms with Gasteiger partial charge in [0.05, 0.1) is 5.52 Å². The quantitative estimate of drug-likeness (QED) is 0.529. The molecule has 114 valence electrons. The van der Waals surface area contributed by atoms with Crippen LogP contribution in [-0.4, -0.2) is 25.1 Å². The number of hydrogen-bond acceptors (Lipinski definition) is 6. The van der Waals surface area contributed by atoms with Gasteiger partial charge in [0.1, 0.15) is 5.82 Å². The van der Waals surface area contributed by atoms with Crippen molar-refractivity contribution in [2.75, 3.05) is 5.73 Å². The predicted octanol–water partition coefficient (Wildman–Crippen LogP) is 1.22. The summed E-state index contributed by atoms with van der Waals surface area (Å²) in [6, 6.07) is 7.87. The summed E-state index contributed by atoms with van der Waals surface area (Å²) in [5, 5.41) is 7.91. The van der Waals surface area contributed by atoms with Crippen molar-refractivity contribution >= 4 is 28.3 Å². The lowest BCUT2D eigenvalue weighted by atomic mass is 10.2. The average molecular weight is 309 g/mol. The van der Waals surface area contributed by atoms with Crippen LogP contribution in [0, 0.1) is 6.92 Å². The van der Waals surface area contributed by atoms with E-state index < -0.39 is 11.7 Å². The van der Waals surface area contributed by atoms with Crippen LogP contribution in [-0.2, 0) is 0 Å². The van der Waals surface area contributed by atoms with Crippen LogP contribution >= 0.6 is 0 Å². The second-order valence-corrected chi connectivity index (χ2v) is 5.13.